The van der Waals surface area contributed by atoms with Gasteiger partial charge in [0.05, 0.1) is 0 Å². The summed E-state index contributed by atoms with van der Waals surface area (Å²) in [6, 6.07) is 8.06. The molecule has 0 saturated carbocycles. The number of halogens is 4. The molecule has 7 heteroatoms. The molecule has 0 aliphatic rings. The highest BCUT2D eigenvalue weighted by Gasteiger charge is 2.07. The van der Waals surface area contributed by atoms with E-state index < -0.39 is 11.6 Å². The number of rotatable bonds is 2. The Morgan fingerprint density at radius 2 is 1.60 bits per heavy atom. The third kappa shape index (κ3) is 4.77. The number of nitrogens with one attached hydrogen (secondary N) is 1. The Bertz CT molecular complexity index is 589. The summed E-state index contributed by atoms with van der Waals surface area (Å²) in [5.41, 5.74) is 2.54. The van der Waals surface area contributed by atoms with Gasteiger partial charge in [-0.15, -0.1) is 0 Å². The van der Waals surface area contributed by atoms with Crippen LogP contribution in [-0.2, 0) is 4.79 Å². The van der Waals surface area contributed by atoms with E-state index in [-0.39, 0.29) is 5.56 Å². The van der Waals surface area contributed by atoms with Crippen LogP contribution in [-0.4, -0.2) is 6.41 Å². The van der Waals surface area contributed by atoms with Crippen LogP contribution in [0.15, 0.2) is 36.4 Å². The highest BCUT2D eigenvalue weighted by Crippen LogP contribution is 2.29. The molecular formula is C13H10Cl2F2N2O. The molecule has 0 aliphatic carbocycles. The van der Waals surface area contributed by atoms with Gasteiger partial charge >= 0.3 is 0 Å². The Labute approximate surface area is 124 Å². The zero-order valence-corrected chi connectivity index (χ0v) is 11.6. The van der Waals surface area contributed by atoms with E-state index in [1.54, 1.807) is 23.6 Å². The van der Waals surface area contributed by atoms with Crippen LogP contribution in [0.3, 0.4) is 0 Å². The van der Waals surface area contributed by atoms with Crippen molar-refractivity contribution in [3.05, 3.63) is 58.1 Å². The second-order valence-corrected chi connectivity index (χ2v) is 4.44. The summed E-state index contributed by atoms with van der Waals surface area (Å²) in [6.07, 6.45) is 0.403. The zero-order valence-electron chi connectivity index (χ0n) is 10.0. The number of hydrogen-bond acceptors (Lipinski definition) is 2. The minimum absolute atomic E-state index is 0.269. The van der Waals surface area contributed by atoms with E-state index in [9.17, 15) is 8.78 Å². The number of hydrogen-bond donors (Lipinski definition) is 2. The topological polar surface area (TPSA) is 55.1 Å². The van der Waals surface area contributed by atoms with Gasteiger partial charge in [0.15, 0.2) is 0 Å². The fourth-order valence-electron chi connectivity index (χ4n) is 1.43. The second kappa shape index (κ2) is 7.79. The molecule has 0 atom stereocenters. The fourth-order valence-corrected chi connectivity index (χ4v) is 1.96. The summed E-state index contributed by atoms with van der Waals surface area (Å²) >= 11 is 11.6. The maximum atomic E-state index is 13.5. The van der Waals surface area contributed by atoms with E-state index in [0.29, 0.717) is 22.0 Å². The summed E-state index contributed by atoms with van der Waals surface area (Å²) in [6.45, 7) is 0. The summed E-state index contributed by atoms with van der Waals surface area (Å²) in [4.78, 5) is 8.94. The summed E-state index contributed by atoms with van der Waals surface area (Å²) in [5, 5.41) is 0.817. The Morgan fingerprint density at radius 3 is 2.05 bits per heavy atom. The molecule has 0 heterocycles. The van der Waals surface area contributed by atoms with Gasteiger partial charge in [-0.1, -0.05) is 23.2 Å². The Morgan fingerprint density at radius 1 is 1.05 bits per heavy atom. The van der Waals surface area contributed by atoms with Crippen molar-refractivity contribution >= 4 is 29.6 Å². The van der Waals surface area contributed by atoms with Gasteiger partial charge in [0, 0.05) is 21.7 Å². The Hall–Kier alpha value is -1.69. The summed E-state index contributed by atoms with van der Waals surface area (Å²) in [5.74, 6) is 3.15. The highest BCUT2D eigenvalue weighted by molar-refractivity contribution is 6.35. The van der Waals surface area contributed by atoms with Gasteiger partial charge in [-0.05, 0) is 35.9 Å². The molecule has 2 aromatic carbocycles. The van der Waals surface area contributed by atoms with Crippen LogP contribution < -0.4 is 11.3 Å². The predicted molar refractivity (Wildman–Crippen MR) is 75.2 cm³/mol. The summed E-state index contributed by atoms with van der Waals surface area (Å²) in [7, 11) is 0. The molecule has 3 N–H and O–H groups in total. The Kier molecular flexibility index (Phi) is 6.38. The first-order valence-electron chi connectivity index (χ1n) is 5.29. The minimum atomic E-state index is -0.640. The van der Waals surface area contributed by atoms with E-state index in [2.05, 4.69) is 5.84 Å². The van der Waals surface area contributed by atoms with E-state index in [1.165, 1.54) is 12.1 Å². The van der Waals surface area contributed by atoms with Crippen molar-refractivity contribution in [2.75, 3.05) is 0 Å². The molecule has 3 nitrogen and oxygen atoms in total. The number of carbonyl (C=O) groups is 1. The van der Waals surface area contributed by atoms with Crippen molar-refractivity contribution in [1.29, 1.82) is 0 Å². The number of hydrazine groups is 1. The van der Waals surface area contributed by atoms with Gasteiger partial charge in [0.2, 0.25) is 6.41 Å². The lowest BCUT2D eigenvalue weighted by Gasteiger charge is -2.05. The van der Waals surface area contributed by atoms with Gasteiger partial charge < -0.3 is 0 Å². The molecule has 2 aromatic rings. The number of amides is 1. The van der Waals surface area contributed by atoms with Gasteiger partial charge in [0.25, 0.3) is 0 Å². The van der Waals surface area contributed by atoms with Crippen LogP contribution in [0, 0.1) is 11.6 Å². The van der Waals surface area contributed by atoms with Crippen LogP contribution >= 0.6 is 23.2 Å². The number of benzene rings is 2. The standard InChI is InChI=1S/C12H6Cl2F2.CH4N2O/c13-8-3-7(4-9(14)5-8)11-2-1-10(15)6-12(11)16;2-3-1-4/h1-6H;1H,2H2,(H,3,4). The third-order valence-electron chi connectivity index (χ3n) is 2.17. The van der Waals surface area contributed by atoms with E-state index in [0.717, 1.165) is 6.07 Å². The molecule has 0 aromatic heterocycles. The van der Waals surface area contributed by atoms with Crippen molar-refractivity contribution in [1.82, 2.24) is 5.43 Å². The zero-order chi connectivity index (χ0) is 15.1. The first kappa shape index (κ1) is 16.4. The van der Waals surface area contributed by atoms with Crippen LogP contribution in [0.1, 0.15) is 0 Å². The van der Waals surface area contributed by atoms with E-state index in [4.69, 9.17) is 28.0 Å². The first-order valence-corrected chi connectivity index (χ1v) is 6.04. The number of carbonyl (C=O) groups excluding carboxylic acids is 1. The van der Waals surface area contributed by atoms with Gasteiger partial charge in [-0.3, -0.25) is 10.2 Å². The molecule has 0 fully saturated rings. The van der Waals surface area contributed by atoms with Crippen molar-refractivity contribution < 1.29 is 13.6 Å². The lowest BCUT2D eigenvalue weighted by Crippen LogP contribution is -2.18. The average Bonchev–Trinajstić information content (AvgIpc) is 2.37. The van der Waals surface area contributed by atoms with Crippen LogP contribution in [0.5, 0.6) is 0 Å². The Balaban J connectivity index is 0.000000444. The van der Waals surface area contributed by atoms with Crippen LogP contribution in [0.25, 0.3) is 11.1 Å². The van der Waals surface area contributed by atoms with Crippen molar-refractivity contribution in [3.63, 3.8) is 0 Å². The van der Waals surface area contributed by atoms with Crippen molar-refractivity contribution in [2.24, 2.45) is 5.84 Å². The molecule has 0 radical (unpaired) electrons. The molecule has 0 saturated heterocycles. The molecule has 0 bridgehead atoms. The maximum absolute atomic E-state index is 13.5. The molecule has 1 amide bonds. The lowest BCUT2D eigenvalue weighted by atomic mass is 10.1. The van der Waals surface area contributed by atoms with Crippen molar-refractivity contribution in [2.45, 2.75) is 0 Å². The normalized spacial score (nSPS) is 9.45. The molecule has 0 aliphatic heterocycles. The monoisotopic (exact) mass is 318 g/mol. The minimum Gasteiger partial charge on any atom is -0.297 e. The largest absolute Gasteiger partial charge is 0.297 e. The van der Waals surface area contributed by atoms with Gasteiger partial charge in [0.1, 0.15) is 11.6 Å². The number of nitrogens with two attached hydrogens (primary N) is 1. The maximum Gasteiger partial charge on any atom is 0.221 e. The predicted octanol–water partition coefficient (Wildman–Crippen LogP) is 3.54. The molecule has 20 heavy (non-hydrogen) atoms. The molecule has 2 rings (SSSR count). The molecular weight excluding hydrogens is 309 g/mol. The van der Waals surface area contributed by atoms with Crippen LogP contribution in [0.4, 0.5) is 8.78 Å². The first-order chi connectivity index (χ1) is 9.47. The van der Waals surface area contributed by atoms with Crippen LogP contribution in [0.2, 0.25) is 10.0 Å². The van der Waals surface area contributed by atoms with Crippen molar-refractivity contribution in [3.8, 4) is 11.1 Å². The highest BCUT2D eigenvalue weighted by atomic mass is 35.5. The third-order valence-corrected chi connectivity index (χ3v) is 2.61. The quantitative estimate of drug-likeness (QED) is 0.385. The van der Waals surface area contributed by atoms with E-state index >= 15 is 0 Å². The molecule has 0 spiro atoms. The van der Waals surface area contributed by atoms with Gasteiger partial charge in [-0.25, -0.2) is 14.6 Å². The fraction of sp³-hybridized carbons (Fsp3) is 0. The lowest BCUT2D eigenvalue weighted by molar-refractivity contribution is -0.109. The smallest absolute Gasteiger partial charge is 0.221 e. The van der Waals surface area contributed by atoms with E-state index in [1.807, 2.05) is 0 Å². The van der Waals surface area contributed by atoms with Gasteiger partial charge in [-0.2, -0.15) is 0 Å². The molecule has 0 unspecified atom stereocenters. The summed E-state index contributed by atoms with van der Waals surface area (Å²) < 4.78 is 26.2. The molecule has 106 valence electrons. The second-order valence-electron chi connectivity index (χ2n) is 3.57. The average molecular weight is 319 g/mol. The SMILES string of the molecule is Fc1ccc(-c2cc(Cl)cc(Cl)c2)c(F)c1.NNC=O.